The maximum atomic E-state index is 12.0. The molecule has 6 heteroatoms. The lowest BCUT2D eigenvalue weighted by molar-refractivity contribution is 0.0952. The predicted octanol–water partition coefficient (Wildman–Crippen LogP) is 2.17. The summed E-state index contributed by atoms with van der Waals surface area (Å²) >= 11 is 0. The molecular formula is C16H16N2O4. The molecular weight excluding hydrogens is 284 g/mol. The number of hydrazone groups is 1. The van der Waals surface area contributed by atoms with E-state index >= 15 is 0 Å². The van der Waals surface area contributed by atoms with E-state index in [2.05, 4.69) is 10.5 Å². The van der Waals surface area contributed by atoms with Crippen molar-refractivity contribution in [1.29, 1.82) is 0 Å². The van der Waals surface area contributed by atoms with Crippen LogP contribution in [-0.4, -0.2) is 31.4 Å². The normalized spacial score (nSPS) is 10.5. The number of nitrogens with zero attached hydrogens (tertiary/aromatic N) is 1. The number of carbonyl (C=O) groups is 1. The largest absolute Gasteiger partial charge is 0.507 e. The zero-order chi connectivity index (χ0) is 15.9. The number of amides is 1. The number of hydrogen-bond donors (Lipinski definition) is 2. The van der Waals surface area contributed by atoms with E-state index in [4.69, 9.17) is 9.47 Å². The van der Waals surface area contributed by atoms with E-state index in [1.54, 1.807) is 36.4 Å². The van der Waals surface area contributed by atoms with E-state index in [1.807, 2.05) is 0 Å². The summed E-state index contributed by atoms with van der Waals surface area (Å²) in [5.74, 6) is 0.668. The predicted molar refractivity (Wildman–Crippen MR) is 82.7 cm³/mol. The van der Waals surface area contributed by atoms with Gasteiger partial charge in [0.15, 0.2) is 0 Å². The van der Waals surface area contributed by atoms with Crippen molar-refractivity contribution < 1.29 is 19.4 Å². The molecule has 22 heavy (non-hydrogen) atoms. The monoisotopic (exact) mass is 300 g/mol. The third kappa shape index (κ3) is 3.54. The molecule has 0 unspecified atom stereocenters. The number of para-hydroxylation sites is 1. The van der Waals surface area contributed by atoms with Crippen LogP contribution in [0.5, 0.6) is 17.2 Å². The molecule has 0 saturated carbocycles. The molecule has 0 radical (unpaired) electrons. The quantitative estimate of drug-likeness (QED) is 0.655. The Morgan fingerprint density at radius 2 is 1.95 bits per heavy atom. The van der Waals surface area contributed by atoms with Crippen LogP contribution in [0.25, 0.3) is 0 Å². The number of ether oxygens (including phenoxy) is 2. The summed E-state index contributed by atoms with van der Waals surface area (Å²) in [6.45, 7) is 0. The second-order valence-corrected chi connectivity index (χ2v) is 4.32. The van der Waals surface area contributed by atoms with Gasteiger partial charge < -0.3 is 14.6 Å². The van der Waals surface area contributed by atoms with E-state index in [0.29, 0.717) is 22.6 Å². The zero-order valence-electron chi connectivity index (χ0n) is 12.2. The van der Waals surface area contributed by atoms with Crippen LogP contribution < -0.4 is 14.9 Å². The van der Waals surface area contributed by atoms with Crippen LogP contribution in [0, 0.1) is 0 Å². The molecule has 0 aliphatic carbocycles. The maximum absolute atomic E-state index is 12.0. The SMILES string of the molecule is COc1ccc(O)c(/C=N\NC(=O)c2ccccc2OC)c1. The zero-order valence-corrected chi connectivity index (χ0v) is 12.2. The first-order valence-corrected chi connectivity index (χ1v) is 6.49. The minimum atomic E-state index is -0.406. The van der Waals surface area contributed by atoms with Gasteiger partial charge in [0.05, 0.1) is 26.0 Å². The molecule has 0 aliphatic heterocycles. The van der Waals surface area contributed by atoms with Crippen molar-refractivity contribution in [2.45, 2.75) is 0 Å². The fraction of sp³-hybridized carbons (Fsp3) is 0.125. The highest BCUT2D eigenvalue weighted by Gasteiger charge is 2.10. The van der Waals surface area contributed by atoms with Gasteiger partial charge in [-0.3, -0.25) is 4.79 Å². The number of nitrogens with one attached hydrogen (secondary N) is 1. The van der Waals surface area contributed by atoms with E-state index in [-0.39, 0.29) is 5.75 Å². The van der Waals surface area contributed by atoms with Crippen LogP contribution in [0.1, 0.15) is 15.9 Å². The molecule has 0 saturated heterocycles. The van der Waals surface area contributed by atoms with Gasteiger partial charge in [0.2, 0.25) is 0 Å². The van der Waals surface area contributed by atoms with Gasteiger partial charge in [0.1, 0.15) is 17.2 Å². The average molecular weight is 300 g/mol. The summed E-state index contributed by atoms with van der Waals surface area (Å²) in [4.78, 5) is 12.0. The molecule has 2 rings (SSSR count). The number of rotatable bonds is 5. The molecule has 0 bridgehead atoms. The number of phenols is 1. The van der Waals surface area contributed by atoms with Crippen LogP contribution in [0.15, 0.2) is 47.6 Å². The highest BCUT2D eigenvalue weighted by atomic mass is 16.5. The van der Waals surface area contributed by atoms with Crippen molar-refractivity contribution in [3.63, 3.8) is 0 Å². The number of phenolic OH excluding ortho intramolecular Hbond substituents is 1. The molecule has 0 spiro atoms. The first-order valence-electron chi connectivity index (χ1n) is 6.49. The van der Waals surface area contributed by atoms with E-state index in [1.165, 1.54) is 26.5 Å². The molecule has 6 nitrogen and oxygen atoms in total. The van der Waals surface area contributed by atoms with E-state index in [9.17, 15) is 9.90 Å². The minimum Gasteiger partial charge on any atom is -0.507 e. The Hall–Kier alpha value is -3.02. The van der Waals surface area contributed by atoms with Crippen LogP contribution >= 0.6 is 0 Å². The van der Waals surface area contributed by atoms with Gasteiger partial charge in [-0.05, 0) is 30.3 Å². The second-order valence-electron chi connectivity index (χ2n) is 4.32. The highest BCUT2D eigenvalue weighted by molar-refractivity contribution is 5.97. The topological polar surface area (TPSA) is 80.2 Å². The van der Waals surface area contributed by atoms with Crippen molar-refractivity contribution in [3.05, 3.63) is 53.6 Å². The molecule has 0 fully saturated rings. The smallest absolute Gasteiger partial charge is 0.275 e. The van der Waals surface area contributed by atoms with Gasteiger partial charge in [-0.25, -0.2) is 5.43 Å². The molecule has 2 N–H and O–H groups in total. The number of methoxy groups -OCH3 is 2. The number of carbonyl (C=O) groups excluding carboxylic acids is 1. The standard InChI is InChI=1S/C16H16N2O4/c1-21-12-7-8-14(19)11(9-12)10-17-18-16(20)13-5-3-4-6-15(13)22-2/h3-10,19H,1-2H3,(H,18,20)/b17-10-. The Balaban J connectivity index is 2.11. The molecule has 0 aliphatic rings. The van der Waals surface area contributed by atoms with Crippen molar-refractivity contribution in [2.24, 2.45) is 5.10 Å². The lowest BCUT2D eigenvalue weighted by atomic mass is 10.2. The first-order chi connectivity index (χ1) is 10.7. The lowest BCUT2D eigenvalue weighted by Gasteiger charge is -2.06. The first kappa shape index (κ1) is 15.4. The van der Waals surface area contributed by atoms with Gasteiger partial charge in [0, 0.05) is 5.56 Å². The van der Waals surface area contributed by atoms with Crippen molar-refractivity contribution in [2.75, 3.05) is 14.2 Å². The molecule has 114 valence electrons. The van der Waals surface area contributed by atoms with Gasteiger partial charge in [-0.15, -0.1) is 0 Å². The molecule has 0 heterocycles. The van der Waals surface area contributed by atoms with Crippen LogP contribution in [-0.2, 0) is 0 Å². The Morgan fingerprint density at radius 1 is 1.18 bits per heavy atom. The van der Waals surface area contributed by atoms with Crippen molar-refractivity contribution in [1.82, 2.24) is 5.43 Å². The summed E-state index contributed by atoms with van der Waals surface area (Å²) in [6.07, 6.45) is 1.34. The molecule has 2 aromatic rings. The van der Waals surface area contributed by atoms with Crippen LogP contribution in [0.4, 0.5) is 0 Å². The third-order valence-electron chi connectivity index (χ3n) is 2.96. The summed E-state index contributed by atoms with van der Waals surface area (Å²) in [5.41, 5.74) is 3.19. The molecule has 0 atom stereocenters. The van der Waals surface area contributed by atoms with Gasteiger partial charge >= 0.3 is 0 Å². The molecule has 0 aromatic heterocycles. The lowest BCUT2D eigenvalue weighted by Crippen LogP contribution is -2.18. The summed E-state index contributed by atoms with van der Waals surface area (Å²) in [5, 5.41) is 13.5. The highest BCUT2D eigenvalue weighted by Crippen LogP contribution is 2.21. The Morgan fingerprint density at radius 3 is 2.68 bits per heavy atom. The number of aromatic hydroxyl groups is 1. The average Bonchev–Trinajstić information content (AvgIpc) is 2.56. The minimum absolute atomic E-state index is 0.0380. The van der Waals surface area contributed by atoms with Crippen molar-refractivity contribution >= 4 is 12.1 Å². The van der Waals surface area contributed by atoms with Crippen LogP contribution in [0.2, 0.25) is 0 Å². The maximum Gasteiger partial charge on any atom is 0.275 e. The fourth-order valence-electron chi connectivity index (χ4n) is 1.82. The Bertz CT molecular complexity index is 698. The Labute approximate surface area is 128 Å². The van der Waals surface area contributed by atoms with Crippen LogP contribution in [0.3, 0.4) is 0 Å². The summed E-state index contributed by atoms with van der Waals surface area (Å²) in [7, 11) is 3.01. The van der Waals surface area contributed by atoms with Gasteiger partial charge in [-0.2, -0.15) is 5.10 Å². The summed E-state index contributed by atoms with van der Waals surface area (Å²) in [6, 6.07) is 11.5. The molecule has 1 amide bonds. The van der Waals surface area contributed by atoms with Gasteiger partial charge in [-0.1, -0.05) is 12.1 Å². The van der Waals surface area contributed by atoms with Crippen molar-refractivity contribution in [3.8, 4) is 17.2 Å². The van der Waals surface area contributed by atoms with Gasteiger partial charge in [0.25, 0.3) is 5.91 Å². The van der Waals surface area contributed by atoms with E-state index < -0.39 is 5.91 Å². The fourth-order valence-corrected chi connectivity index (χ4v) is 1.82. The molecule has 2 aromatic carbocycles. The Kier molecular flexibility index (Phi) is 4.98. The number of benzene rings is 2. The third-order valence-corrected chi connectivity index (χ3v) is 2.96. The summed E-state index contributed by atoms with van der Waals surface area (Å²) < 4.78 is 10.2. The van der Waals surface area contributed by atoms with E-state index in [0.717, 1.165) is 0 Å². The number of hydrogen-bond acceptors (Lipinski definition) is 5. The second kappa shape index (κ2) is 7.12.